The van der Waals surface area contributed by atoms with Crippen molar-refractivity contribution in [2.45, 2.75) is 56.7 Å². The minimum absolute atomic E-state index is 0.116. The second-order valence-corrected chi connectivity index (χ2v) is 6.71. The third-order valence-corrected chi connectivity index (χ3v) is 5.31. The number of aliphatic imine (C=N–C) groups is 1. The van der Waals surface area contributed by atoms with Gasteiger partial charge in [-0.1, -0.05) is 0 Å². The van der Waals surface area contributed by atoms with Gasteiger partial charge in [-0.25, -0.2) is 0 Å². The number of hydrogen-bond acceptors (Lipinski definition) is 4. The summed E-state index contributed by atoms with van der Waals surface area (Å²) in [5.41, 5.74) is 6.69. The van der Waals surface area contributed by atoms with Gasteiger partial charge >= 0.3 is 0 Å². The zero-order valence-electron chi connectivity index (χ0n) is 12.2. The summed E-state index contributed by atoms with van der Waals surface area (Å²) in [6, 6.07) is 1.22. The Hall–Kier alpha value is -1.03. The van der Waals surface area contributed by atoms with Gasteiger partial charge in [-0.05, 0) is 51.7 Å². The van der Waals surface area contributed by atoms with Crippen LogP contribution in [-0.2, 0) is 0 Å². The van der Waals surface area contributed by atoms with Gasteiger partial charge in [-0.15, -0.1) is 0 Å². The van der Waals surface area contributed by atoms with Crippen LogP contribution in [0.2, 0.25) is 0 Å². The normalized spacial score (nSPS) is 40.7. The minimum atomic E-state index is 0.116. The predicted octanol–water partition coefficient (Wildman–Crippen LogP) is 1.78. The molecule has 0 spiro atoms. The highest BCUT2D eigenvalue weighted by Crippen LogP contribution is 2.51. The average Bonchev–Trinajstić information content (AvgIpc) is 2.34. The molecule has 2 atom stereocenters. The maximum absolute atomic E-state index is 6.57. The molecule has 2 heterocycles. The van der Waals surface area contributed by atoms with Crippen molar-refractivity contribution in [2.75, 3.05) is 13.6 Å². The molecule has 0 aromatic heterocycles. The third-order valence-electron chi connectivity index (χ3n) is 5.31. The van der Waals surface area contributed by atoms with E-state index in [-0.39, 0.29) is 5.54 Å². The second-order valence-electron chi connectivity index (χ2n) is 6.71. The Morgan fingerprint density at radius 3 is 2.53 bits per heavy atom. The zero-order valence-corrected chi connectivity index (χ0v) is 12.2. The van der Waals surface area contributed by atoms with Crippen molar-refractivity contribution in [2.24, 2.45) is 16.6 Å². The van der Waals surface area contributed by atoms with Gasteiger partial charge in [0.05, 0.1) is 6.20 Å². The molecule has 2 saturated heterocycles. The highest BCUT2D eigenvalue weighted by molar-refractivity contribution is 5.27. The van der Waals surface area contributed by atoms with E-state index in [1.54, 1.807) is 0 Å². The number of rotatable bonds is 4. The fourth-order valence-corrected chi connectivity index (χ4v) is 4.66. The first kappa shape index (κ1) is 13.0. The van der Waals surface area contributed by atoms with Crippen molar-refractivity contribution in [3.8, 4) is 0 Å². The number of hydrogen-bond donors (Lipinski definition) is 1. The molecule has 4 rings (SSSR count). The van der Waals surface area contributed by atoms with E-state index < -0.39 is 0 Å². The Bertz CT molecular complexity index is 387. The monoisotopic (exact) mass is 262 g/mol. The predicted molar refractivity (Wildman–Crippen MR) is 78.8 cm³/mol. The van der Waals surface area contributed by atoms with Gasteiger partial charge in [0.1, 0.15) is 5.82 Å². The molecule has 2 saturated carbocycles. The highest BCUT2D eigenvalue weighted by Gasteiger charge is 2.53. The fourth-order valence-electron chi connectivity index (χ4n) is 4.66. The maximum Gasteiger partial charge on any atom is 0.123 e. The van der Waals surface area contributed by atoms with Crippen molar-refractivity contribution >= 4 is 6.72 Å². The SMILES string of the molecule is C=N/C=C(\N(C)CC)N1C2CC3CC1CC(N)(C3)C2. The van der Waals surface area contributed by atoms with Crippen LogP contribution in [0.1, 0.15) is 39.0 Å². The van der Waals surface area contributed by atoms with E-state index in [1.165, 1.54) is 25.1 Å². The van der Waals surface area contributed by atoms with Gasteiger partial charge in [-0.3, -0.25) is 4.99 Å². The summed E-state index contributed by atoms with van der Waals surface area (Å²) < 4.78 is 0. The van der Waals surface area contributed by atoms with Gasteiger partial charge in [-0.2, -0.15) is 0 Å². The van der Waals surface area contributed by atoms with Gasteiger partial charge in [0.2, 0.25) is 0 Å². The lowest BCUT2D eigenvalue weighted by molar-refractivity contribution is -0.0639. The summed E-state index contributed by atoms with van der Waals surface area (Å²) in [7, 11) is 2.14. The number of nitrogens with two attached hydrogens (primary N) is 1. The van der Waals surface area contributed by atoms with Crippen molar-refractivity contribution in [1.82, 2.24) is 9.80 Å². The quantitative estimate of drug-likeness (QED) is 0.786. The smallest absolute Gasteiger partial charge is 0.123 e. The average molecular weight is 262 g/mol. The Kier molecular flexibility index (Phi) is 3.08. The van der Waals surface area contributed by atoms with Crippen LogP contribution in [0, 0.1) is 5.92 Å². The highest BCUT2D eigenvalue weighted by atomic mass is 15.4. The number of piperidine rings is 2. The van der Waals surface area contributed by atoms with Crippen LogP contribution in [0.15, 0.2) is 17.0 Å². The Labute approximate surface area is 116 Å². The molecule has 0 radical (unpaired) electrons. The molecule has 0 aromatic rings. The Balaban J connectivity index is 1.89. The molecule has 2 N–H and O–H groups in total. The summed E-state index contributed by atoms with van der Waals surface area (Å²) >= 11 is 0. The zero-order chi connectivity index (χ0) is 13.6. The van der Waals surface area contributed by atoms with Crippen molar-refractivity contribution in [3.63, 3.8) is 0 Å². The van der Waals surface area contributed by atoms with Crippen molar-refractivity contribution in [1.29, 1.82) is 0 Å². The molecule has 0 amide bonds. The van der Waals surface area contributed by atoms with E-state index in [2.05, 4.69) is 35.5 Å². The molecule has 4 aliphatic rings. The van der Waals surface area contributed by atoms with Crippen LogP contribution in [-0.4, -0.2) is 47.7 Å². The summed E-state index contributed by atoms with van der Waals surface area (Å²) in [5.74, 6) is 2.08. The summed E-state index contributed by atoms with van der Waals surface area (Å²) in [4.78, 5) is 8.90. The first-order valence-electron chi connectivity index (χ1n) is 7.50. The Morgan fingerprint density at radius 1 is 1.42 bits per heavy atom. The number of nitrogens with zero attached hydrogens (tertiary/aromatic N) is 3. The topological polar surface area (TPSA) is 44.9 Å². The van der Waals surface area contributed by atoms with Crippen LogP contribution in [0.25, 0.3) is 0 Å². The largest absolute Gasteiger partial charge is 0.360 e. The minimum Gasteiger partial charge on any atom is -0.360 e. The van der Waals surface area contributed by atoms with Crippen molar-refractivity contribution < 1.29 is 0 Å². The van der Waals surface area contributed by atoms with Gasteiger partial charge in [0.25, 0.3) is 0 Å². The second kappa shape index (κ2) is 4.51. The van der Waals surface area contributed by atoms with E-state index in [9.17, 15) is 0 Å². The maximum atomic E-state index is 6.57. The molecule has 2 aliphatic carbocycles. The molecule has 0 aromatic carbocycles. The van der Waals surface area contributed by atoms with Crippen LogP contribution in [0.3, 0.4) is 0 Å². The molecule has 2 unspecified atom stereocenters. The molecule has 19 heavy (non-hydrogen) atoms. The lowest BCUT2D eigenvalue weighted by atomic mass is 9.60. The van der Waals surface area contributed by atoms with Gasteiger partial charge in [0.15, 0.2) is 0 Å². The molecule has 2 aliphatic heterocycles. The standard InChI is InChI=1S/C15H26N4/c1-4-18(3)14(10-17-2)19-12-5-11-6-13(19)9-15(16,7-11)8-12/h10-13H,2,4-9,16H2,1,3H3/b14-10+. The van der Waals surface area contributed by atoms with E-state index in [0.29, 0.717) is 12.1 Å². The van der Waals surface area contributed by atoms with Crippen LogP contribution < -0.4 is 5.73 Å². The Morgan fingerprint density at radius 2 is 2.05 bits per heavy atom. The lowest BCUT2D eigenvalue weighted by Crippen LogP contribution is -2.67. The van der Waals surface area contributed by atoms with Gasteiger partial charge < -0.3 is 15.5 Å². The molecule has 4 heteroatoms. The van der Waals surface area contributed by atoms with E-state index in [0.717, 1.165) is 25.3 Å². The third kappa shape index (κ3) is 2.06. The van der Waals surface area contributed by atoms with Crippen LogP contribution in [0.4, 0.5) is 0 Å². The van der Waals surface area contributed by atoms with E-state index >= 15 is 0 Å². The summed E-state index contributed by atoms with van der Waals surface area (Å²) in [6.07, 6.45) is 8.08. The molecular weight excluding hydrogens is 236 g/mol. The molecular formula is C15H26N4. The van der Waals surface area contributed by atoms with Crippen LogP contribution >= 0.6 is 0 Å². The molecule has 4 nitrogen and oxygen atoms in total. The van der Waals surface area contributed by atoms with E-state index in [4.69, 9.17) is 5.73 Å². The fraction of sp³-hybridized carbons (Fsp3) is 0.800. The molecule has 4 fully saturated rings. The first-order chi connectivity index (χ1) is 9.06. The summed E-state index contributed by atoms with van der Waals surface area (Å²) in [5, 5.41) is 0. The van der Waals surface area contributed by atoms with E-state index in [1.807, 2.05) is 6.20 Å². The first-order valence-corrected chi connectivity index (χ1v) is 7.50. The van der Waals surface area contributed by atoms with Crippen molar-refractivity contribution in [3.05, 3.63) is 12.0 Å². The molecule has 106 valence electrons. The van der Waals surface area contributed by atoms with Gasteiger partial charge in [0, 0.05) is 31.2 Å². The lowest BCUT2D eigenvalue weighted by Gasteiger charge is -2.62. The summed E-state index contributed by atoms with van der Waals surface area (Å²) in [6.45, 7) is 6.81. The molecule has 4 bridgehead atoms. The van der Waals surface area contributed by atoms with Crippen LogP contribution in [0.5, 0.6) is 0 Å².